The number of carboxylic acids is 5. The third-order valence-electron chi connectivity index (χ3n) is 17.3. The zero-order valence-corrected chi connectivity index (χ0v) is 54.5. The SMILES string of the molecule is C=CC1=C(C)C2=NC/1=C\c1c(C)c(C=C)c3[n]1[Fe][n]1/c(c(C)c(CCC(=O)O)/c1=C/C1=NC(=C\3)/C(C)=C1CCC(=O)O)=C\2.C=CC1=C(C)c2cc3[nH]c(cc4nc(cc5[nH]c(cc1n2)c(C)c5CCC(=O)O)C(CCC(=O)O)=C4C)c(C)c3C=C.NC(CS)C(=O)O. The number of hydrogen-bond acceptors (Lipinski definition) is 11. The first-order valence-electron chi connectivity index (χ1n) is 29.7. The fraction of sp³-hybridized carbons (Fsp3) is 0.254. The first-order chi connectivity index (χ1) is 43.7. The molecule has 1 unspecified atom stereocenters. The minimum absolute atomic E-state index is 0.0140. The molecule has 0 aliphatic carbocycles. The van der Waals surface area contributed by atoms with E-state index in [9.17, 15) is 44.4 Å². The summed E-state index contributed by atoms with van der Waals surface area (Å²) in [6.07, 6.45) is 16.9. The predicted molar refractivity (Wildman–Crippen MR) is 365 cm³/mol. The van der Waals surface area contributed by atoms with Crippen molar-refractivity contribution in [2.45, 2.75) is 113 Å². The van der Waals surface area contributed by atoms with Crippen molar-refractivity contribution in [3.8, 4) is 0 Å². The average molecular weight is 1300 g/mol. The number of fused-ring (bicyclic) bond motifs is 10. The summed E-state index contributed by atoms with van der Waals surface area (Å²) in [5, 5.41) is 47.9. The van der Waals surface area contributed by atoms with Crippen molar-refractivity contribution in [3.63, 3.8) is 0 Å². The molecule has 14 bridgehead atoms. The molecule has 0 spiro atoms. The molecule has 1 atom stereocenters. The number of nitrogens with two attached hydrogens (primary N) is 1. The Bertz CT molecular complexity index is 4710. The molecule has 6 aliphatic heterocycles. The molecule has 11 rings (SSSR count). The normalized spacial score (nSPS) is 16.7. The minimum atomic E-state index is -1.00. The first kappa shape index (κ1) is 66.8. The molecule has 9 N–H and O–H groups in total. The van der Waals surface area contributed by atoms with Crippen LogP contribution in [0, 0.1) is 27.7 Å². The van der Waals surface area contributed by atoms with Gasteiger partial charge in [-0.3, -0.25) is 14.4 Å². The van der Waals surface area contributed by atoms with Gasteiger partial charge in [-0.25, -0.2) is 9.97 Å². The van der Waals surface area contributed by atoms with Gasteiger partial charge in [-0.05, 0) is 98.2 Å². The van der Waals surface area contributed by atoms with Gasteiger partial charge in [0, 0.05) is 51.8 Å². The molecule has 0 aromatic carbocycles. The van der Waals surface area contributed by atoms with E-state index in [4.69, 9.17) is 30.8 Å². The Morgan fingerprint density at radius 3 is 1.64 bits per heavy atom. The van der Waals surface area contributed by atoms with Crippen molar-refractivity contribution >= 4 is 135 Å². The maximum absolute atomic E-state index is 11.8. The van der Waals surface area contributed by atoms with Gasteiger partial charge in [0.05, 0.1) is 22.8 Å². The van der Waals surface area contributed by atoms with Crippen molar-refractivity contribution < 1.29 is 64.9 Å². The monoisotopic (exact) mass is 1300 g/mol. The number of hydrogen-bond donors (Lipinski definition) is 9. The molecule has 6 aliphatic rings. The van der Waals surface area contributed by atoms with Gasteiger partial charge in [-0.15, -0.1) is 0 Å². The summed E-state index contributed by atoms with van der Waals surface area (Å²) in [6.45, 7) is 32.4. The fourth-order valence-electron chi connectivity index (χ4n) is 12.0. The molecule has 92 heavy (non-hydrogen) atoms. The number of aromatic amines is 2. The van der Waals surface area contributed by atoms with Crippen LogP contribution in [0.4, 0.5) is 0 Å². The number of carbonyl (C=O) groups is 5. The number of aliphatic imine (C=N–C) groups is 2. The Kier molecular flexibility index (Phi) is 19.9. The minimum Gasteiger partial charge on any atom is -0.481 e. The molecule has 0 saturated heterocycles. The zero-order valence-electron chi connectivity index (χ0n) is 52.5. The van der Waals surface area contributed by atoms with E-state index in [1.165, 1.54) is 0 Å². The van der Waals surface area contributed by atoms with Gasteiger partial charge in [0.15, 0.2) is 0 Å². The van der Waals surface area contributed by atoms with Crippen molar-refractivity contribution in [1.82, 2.24) is 27.1 Å². The second-order valence-corrected chi connectivity index (χ2v) is 24.4. The van der Waals surface area contributed by atoms with E-state index in [2.05, 4.69) is 81.2 Å². The third kappa shape index (κ3) is 13.1. The average Bonchev–Trinajstić information content (AvgIpc) is 1.59. The molecule has 5 aromatic heterocycles. The van der Waals surface area contributed by atoms with E-state index in [1.807, 2.05) is 97.0 Å². The van der Waals surface area contributed by atoms with E-state index in [0.717, 1.165) is 167 Å². The van der Waals surface area contributed by atoms with Gasteiger partial charge < -0.3 is 31.0 Å². The number of H-pyrrole nitrogens is 2. The number of rotatable bonds is 18. The van der Waals surface area contributed by atoms with Crippen LogP contribution in [0.2, 0.25) is 0 Å². The molecule has 0 saturated carbocycles. The van der Waals surface area contributed by atoms with Gasteiger partial charge in [0.1, 0.15) is 6.04 Å². The summed E-state index contributed by atoms with van der Waals surface area (Å²) >= 11 is 4.11. The van der Waals surface area contributed by atoms with Crippen molar-refractivity contribution in [2.24, 2.45) is 15.7 Å². The van der Waals surface area contributed by atoms with Crippen LogP contribution >= 0.6 is 12.6 Å². The van der Waals surface area contributed by atoms with Crippen molar-refractivity contribution in [3.05, 3.63) is 186 Å². The smallest absolute Gasteiger partial charge is 0.321 e. The number of carboxylic acid groups (broad SMARTS) is 5. The number of thiol groups is 1. The maximum Gasteiger partial charge on any atom is 0.321 e. The standard InChI is InChI=1S/2C34H34N4O4.C3H7NO2S.Fe/c2*1-7-21-17(3)25-13-26-19(5)23(9-11-33(39)40)31(37-26)16-32-24(10-12-34(41)42)20(6)28(38-32)15-30-22(8-2)18(4)27(36-30)14-29(21)35-25;4-2(1-7)3(5)6;/h7-8,13-16H,1-2,9-12H2,3-6H3,(H4,35,36,37,38,39,40,41,42);7-8,13-16,35,38H,1-2,9-12H2,3-6H3,(H,39,40)(H,41,42);2,7H,1,4H2,(H,5,6);/q;;;+2/p-2/b25-13?,26-13-,27-14?,28-15-,29-14-,30-15?,31-16-,32-16?;;;. The second-order valence-electron chi connectivity index (χ2n) is 22.8. The maximum atomic E-state index is 11.8. The van der Waals surface area contributed by atoms with Crippen LogP contribution in [0.25, 0.3) is 80.8 Å². The number of nitrogens with one attached hydrogen (secondary N) is 2. The molecule has 0 radical (unpaired) electrons. The number of aromatic nitrogens is 6. The van der Waals surface area contributed by atoms with Crippen LogP contribution in [-0.4, -0.2) is 106 Å². The van der Waals surface area contributed by atoms with Crippen LogP contribution < -0.4 is 16.4 Å². The van der Waals surface area contributed by atoms with Gasteiger partial charge in [0.2, 0.25) is 0 Å². The summed E-state index contributed by atoms with van der Waals surface area (Å²) in [5.74, 6) is -4.31. The fourth-order valence-corrected chi connectivity index (χ4v) is 13.8. The van der Waals surface area contributed by atoms with Gasteiger partial charge in [-0.2, -0.15) is 12.6 Å². The molecule has 476 valence electrons. The second kappa shape index (κ2) is 27.4. The Morgan fingerprint density at radius 2 is 1.04 bits per heavy atom. The molecular formula is C71H73FeN9O10S. The predicted octanol–water partition coefficient (Wildman–Crippen LogP) is 11.6. The van der Waals surface area contributed by atoms with Crippen LogP contribution in [-0.2, 0) is 52.2 Å². The number of aliphatic carboxylic acids is 5. The summed E-state index contributed by atoms with van der Waals surface area (Å²) in [6, 6.07) is 7.06. The largest absolute Gasteiger partial charge is 0.481 e. The Hall–Kier alpha value is -9.66. The molecule has 0 amide bonds. The molecule has 19 nitrogen and oxygen atoms in total. The molecular weight excluding hydrogens is 1230 g/mol. The van der Waals surface area contributed by atoms with Crippen LogP contribution in [0.1, 0.15) is 145 Å². The Labute approximate surface area is 543 Å². The van der Waals surface area contributed by atoms with E-state index in [1.54, 1.807) is 6.08 Å². The van der Waals surface area contributed by atoms with E-state index < -0.39 is 35.9 Å². The molecule has 5 aromatic rings. The van der Waals surface area contributed by atoms with Crippen LogP contribution in [0.5, 0.6) is 0 Å². The summed E-state index contributed by atoms with van der Waals surface area (Å²) < 4.78 is 4.47. The van der Waals surface area contributed by atoms with E-state index in [-0.39, 0.29) is 31.4 Å². The Morgan fingerprint density at radius 1 is 0.522 bits per heavy atom. The Balaban J connectivity index is 0.000000197. The van der Waals surface area contributed by atoms with E-state index in [0.29, 0.717) is 52.5 Å². The zero-order chi connectivity index (χ0) is 66.9. The first-order valence-corrected chi connectivity index (χ1v) is 31.3. The van der Waals surface area contributed by atoms with Crippen LogP contribution in [0.15, 0.2) is 106 Å². The topological polar surface area (TPSA) is 304 Å². The number of aryl methyl sites for hydroxylation is 3. The third-order valence-corrected chi connectivity index (χ3v) is 19.2. The van der Waals surface area contributed by atoms with Gasteiger partial charge in [-0.1, -0.05) is 25.3 Å². The van der Waals surface area contributed by atoms with Crippen molar-refractivity contribution in [1.29, 1.82) is 0 Å². The molecule has 21 heteroatoms. The summed E-state index contributed by atoms with van der Waals surface area (Å²) in [5.41, 5.74) is 31.5. The van der Waals surface area contributed by atoms with E-state index >= 15 is 0 Å². The summed E-state index contributed by atoms with van der Waals surface area (Å²) in [4.78, 5) is 83.2. The number of nitrogens with zero attached hydrogens (tertiary/aromatic N) is 6. The summed E-state index contributed by atoms with van der Waals surface area (Å²) in [7, 11) is 0. The van der Waals surface area contributed by atoms with Gasteiger partial charge in [0.25, 0.3) is 0 Å². The van der Waals surface area contributed by atoms with Crippen molar-refractivity contribution in [2.75, 3.05) is 5.75 Å². The van der Waals surface area contributed by atoms with Gasteiger partial charge >= 0.3 is 275 Å². The quantitative estimate of drug-likeness (QED) is 0.0292. The molecule has 11 heterocycles. The molecule has 0 fully saturated rings. The number of allylic oxidation sites excluding steroid dienone is 9. The van der Waals surface area contributed by atoms with Crippen LogP contribution in [0.3, 0.4) is 0 Å².